The Bertz CT molecular complexity index is 971. The van der Waals surface area contributed by atoms with Gasteiger partial charge in [0.15, 0.2) is 0 Å². The van der Waals surface area contributed by atoms with E-state index < -0.39 is 0 Å². The third-order valence-electron chi connectivity index (χ3n) is 3.46. The summed E-state index contributed by atoms with van der Waals surface area (Å²) in [6.45, 7) is 0.244. The number of halogens is 3. The van der Waals surface area contributed by atoms with Crippen molar-refractivity contribution in [2.75, 3.05) is 0 Å². The van der Waals surface area contributed by atoms with Gasteiger partial charge in [0.05, 0.1) is 22.8 Å². The summed E-state index contributed by atoms with van der Waals surface area (Å²) in [5.41, 5.74) is 3.84. The lowest BCUT2D eigenvalue weighted by Crippen LogP contribution is -2.20. The molecule has 3 aromatic rings. The van der Waals surface area contributed by atoms with E-state index in [4.69, 9.17) is 34.8 Å². The van der Waals surface area contributed by atoms with Crippen LogP contribution in [0.3, 0.4) is 0 Å². The number of aromatic nitrogens is 4. The second-order valence-electron chi connectivity index (χ2n) is 5.41. The summed E-state index contributed by atoms with van der Waals surface area (Å²) >= 11 is 17.9. The molecule has 0 aliphatic heterocycles. The van der Waals surface area contributed by atoms with E-state index in [0.717, 1.165) is 5.56 Å². The molecule has 1 aromatic heterocycles. The summed E-state index contributed by atoms with van der Waals surface area (Å²) in [5.74, 6) is 0.0588. The zero-order valence-electron chi connectivity index (χ0n) is 13.8. The molecule has 1 amide bonds. The topological polar surface area (TPSA) is 85.1 Å². The summed E-state index contributed by atoms with van der Waals surface area (Å²) in [6.07, 6.45) is 1.66. The van der Waals surface area contributed by atoms with Gasteiger partial charge in [-0.1, -0.05) is 53.0 Å². The maximum absolute atomic E-state index is 11.9. The van der Waals surface area contributed by atoms with Crippen molar-refractivity contribution in [3.63, 3.8) is 0 Å². The van der Waals surface area contributed by atoms with Crippen molar-refractivity contribution in [1.29, 1.82) is 0 Å². The highest BCUT2D eigenvalue weighted by Gasteiger charge is 2.12. The Hall–Kier alpha value is -2.48. The van der Waals surface area contributed by atoms with Crippen LogP contribution in [0.25, 0.3) is 11.4 Å². The highest BCUT2D eigenvalue weighted by Crippen LogP contribution is 2.31. The largest absolute Gasteiger partial charge is 0.273 e. The van der Waals surface area contributed by atoms with Crippen molar-refractivity contribution in [1.82, 2.24) is 25.6 Å². The van der Waals surface area contributed by atoms with E-state index in [1.54, 1.807) is 42.5 Å². The van der Waals surface area contributed by atoms with Crippen LogP contribution >= 0.6 is 34.8 Å². The van der Waals surface area contributed by atoms with E-state index in [1.807, 2.05) is 0 Å². The molecule has 1 N–H and O–H groups in total. The van der Waals surface area contributed by atoms with Crippen molar-refractivity contribution in [2.24, 2.45) is 5.10 Å². The number of nitrogens with zero attached hydrogens (tertiary/aromatic N) is 5. The molecule has 2 aromatic carbocycles. The fourth-order valence-electron chi connectivity index (χ4n) is 2.11. The summed E-state index contributed by atoms with van der Waals surface area (Å²) in [7, 11) is 0. The summed E-state index contributed by atoms with van der Waals surface area (Å²) in [5, 5.41) is 17.4. The monoisotopic (exact) mass is 422 g/mol. The lowest BCUT2D eigenvalue weighted by Gasteiger charge is -2.01. The molecule has 0 radical (unpaired) electrons. The summed E-state index contributed by atoms with van der Waals surface area (Å²) < 4.78 is 0. The Labute approximate surface area is 169 Å². The van der Waals surface area contributed by atoms with Crippen molar-refractivity contribution in [3.8, 4) is 11.4 Å². The normalized spacial score (nSPS) is 11.1. The van der Waals surface area contributed by atoms with E-state index in [9.17, 15) is 4.79 Å². The number of benzene rings is 2. The molecule has 3 rings (SSSR count). The van der Waals surface area contributed by atoms with Crippen molar-refractivity contribution in [2.45, 2.75) is 13.0 Å². The third-order valence-corrected chi connectivity index (χ3v) is 4.53. The number of amides is 1. The van der Waals surface area contributed by atoms with E-state index in [0.29, 0.717) is 26.5 Å². The Morgan fingerprint density at radius 2 is 1.93 bits per heavy atom. The van der Waals surface area contributed by atoms with Crippen LogP contribution < -0.4 is 5.43 Å². The number of hydrogen-bond donors (Lipinski definition) is 1. The molecule has 0 saturated heterocycles. The second kappa shape index (κ2) is 8.94. The Morgan fingerprint density at radius 3 is 2.70 bits per heavy atom. The highest BCUT2D eigenvalue weighted by molar-refractivity contribution is 6.43. The molecule has 27 heavy (non-hydrogen) atoms. The first-order valence-electron chi connectivity index (χ1n) is 7.82. The molecule has 0 spiro atoms. The summed E-state index contributed by atoms with van der Waals surface area (Å²) in [4.78, 5) is 13.2. The molecule has 1 heterocycles. The molecule has 138 valence electrons. The average Bonchev–Trinajstić information content (AvgIpc) is 3.13. The molecular formula is C17H13Cl3N6O. The van der Waals surface area contributed by atoms with Gasteiger partial charge in [0.2, 0.25) is 11.7 Å². The van der Waals surface area contributed by atoms with Crippen molar-refractivity contribution in [3.05, 3.63) is 63.1 Å². The predicted octanol–water partition coefficient (Wildman–Crippen LogP) is 3.84. The van der Waals surface area contributed by atoms with Crippen molar-refractivity contribution < 1.29 is 4.79 Å². The minimum Gasteiger partial charge on any atom is -0.273 e. The highest BCUT2D eigenvalue weighted by atomic mass is 35.5. The van der Waals surface area contributed by atoms with Crippen LogP contribution in [0.2, 0.25) is 15.1 Å². The first kappa shape index (κ1) is 19.3. The molecule has 7 nitrogen and oxygen atoms in total. The van der Waals surface area contributed by atoms with Gasteiger partial charge in [-0.05, 0) is 35.0 Å². The minimum atomic E-state index is -0.278. The molecular weight excluding hydrogens is 411 g/mol. The van der Waals surface area contributed by atoms with Crippen LogP contribution in [0.4, 0.5) is 0 Å². The van der Waals surface area contributed by atoms with Crippen LogP contribution in [0, 0.1) is 0 Å². The molecule has 0 fully saturated rings. The lowest BCUT2D eigenvalue weighted by molar-refractivity contribution is -0.121. The molecule has 10 heteroatoms. The number of tetrazole rings is 1. The molecule has 0 unspecified atom stereocenters. The SMILES string of the molecule is O=C(CCn1nnc(-c2cccc(Cl)c2Cl)n1)N/N=C/c1ccc(Cl)cc1. The van der Waals surface area contributed by atoms with Gasteiger partial charge < -0.3 is 0 Å². The van der Waals surface area contributed by atoms with Gasteiger partial charge in [0.1, 0.15) is 0 Å². The Kier molecular flexibility index (Phi) is 6.39. The zero-order chi connectivity index (χ0) is 19.2. The fraction of sp³-hybridized carbons (Fsp3) is 0.118. The van der Waals surface area contributed by atoms with Crippen LogP contribution in [0.5, 0.6) is 0 Å². The first-order valence-corrected chi connectivity index (χ1v) is 8.96. The number of nitrogens with one attached hydrogen (secondary N) is 1. The molecule has 0 atom stereocenters. The van der Waals surface area contributed by atoms with E-state index >= 15 is 0 Å². The summed E-state index contributed by atoms with van der Waals surface area (Å²) in [6, 6.07) is 12.2. The molecule has 0 aliphatic carbocycles. The van der Waals surface area contributed by atoms with Crippen LogP contribution in [-0.2, 0) is 11.3 Å². The number of carbonyl (C=O) groups is 1. The van der Waals surface area contributed by atoms with Gasteiger partial charge in [-0.25, -0.2) is 5.43 Å². The quantitative estimate of drug-likeness (QED) is 0.482. The lowest BCUT2D eigenvalue weighted by atomic mass is 10.2. The number of rotatable bonds is 6. The smallest absolute Gasteiger partial charge is 0.241 e. The fourth-order valence-corrected chi connectivity index (χ4v) is 2.62. The van der Waals surface area contributed by atoms with Gasteiger partial charge >= 0.3 is 0 Å². The number of carbonyl (C=O) groups excluding carboxylic acids is 1. The van der Waals surface area contributed by atoms with E-state index in [1.165, 1.54) is 11.0 Å². The standard InChI is InChI=1S/C17H13Cl3N6O/c18-12-6-4-11(5-7-12)10-21-22-15(27)8-9-26-24-17(23-25-26)13-2-1-3-14(19)16(13)20/h1-7,10H,8-9H2,(H,22,27)/b21-10+. The average molecular weight is 424 g/mol. The minimum absolute atomic E-state index is 0.136. The van der Waals surface area contributed by atoms with Gasteiger partial charge in [0, 0.05) is 17.0 Å². The molecule has 0 aliphatic rings. The van der Waals surface area contributed by atoms with Gasteiger partial charge in [-0.2, -0.15) is 9.90 Å². The van der Waals surface area contributed by atoms with Crippen LogP contribution in [0.1, 0.15) is 12.0 Å². The number of hydrazone groups is 1. The number of hydrogen-bond acceptors (Lipinski definition) is 5. The zero-order valence-corrected chi connectivity index (χ0v) is 16.1. The maximum Gasteiger partial charge on any atom is 0.241 e. The molecule has 0 bridgehead atoms. The molecule has 0 saturated carbocycles. The van der Waals surface area contributed by atoms with Gasteiger partial charge in [-0.3, -0.25) is 4.79 Å². The van der Waals surface area contributed by atoms with Crippen LogP contribution in [0.15, 0.2) is 47.6 Å². The van der Waals surface area contributed by atoms with Crippen molar-refractivity contribution >= 4 is 46.9 Å². The number of aryl methyl sites for hydroxylation is 1. The van der Waals surface area contributed by atoms with E-state index in [2.05, 4.69) is 25.9 Å². The van der Waals surface area contributed by atoms with Gasteiger partial charge in [-0.15, -0.1) is 10.2 Å². The third kappa shape index (κ3) is 5.26. The Morgan fingerprint density at radius 1 is 1.15 bits per heavy atom. The predicted molar refractivity (Wildman–Crippen MR) is 105 cm³/mol. The Balaban J connectivity index is 1.53. The maximum atomic E-state index is 11.9. The van der Waals surface area contributed by atoms with E-state index in [-0.39, 0.29) is 18.9 Å². The second-order valence-corrected chi connectivity index (χ2v) is 6.63. The first-order chi connectivity index (χ1) is 13.0. The van der Waals surface area contributed by atoms with Gasteiger partial charge in [0.25, 0.3) is 0 Å². The van der Waals surface area contributed by atoms with Crippen LogP contribution in [-0.4, -0.2) is 32.3 Å².